The van der Waals surface area contributed by atoms with E-state index in [0.717, 1.165) is 32.0 Å². The highest BCUT2D eigenvalue weighted by Crippen LogP contribution is 2.46. The van der Waals surface area contributed by atoms with Gasteiger partial charge in [-0.3, -0.25) is 9.69 Å². The Labute approximate surface area is 140 Å². The van der Waals surface area contributed by atoms with Crippen LogP contribution in [0.1, 0.15) is 24.3 Å². The van der Waals surface area contributed by atoms with E-state index < -0.39 is 11.6 Å². The number of rotatable bonds is 3. The Bertz CT molecular complexity index is 625. The fraction of sp³-hybridized carbons (Fsp3) is 0.611. The number of carbonyl (C=O) groups excluding carboxylic acids is 1. The van der Waals surface area contributed by atoms with Crippen molar-refractivity contribution in [2.24, 2.45) is 5.92 Å². The van der Waals surface area contributed by atoms with E-state index in [-0.39, 0.29) is 23.9 Å². The van der Waals surface area contributed by atoms with Crippen molar-refractivity contribution < 1.29 is 13.6 Å². The summed E-state index contributed by atoms with van der Waals surface area (Å²) in [6.45, 7) is 2.90. The molecule has 2 bridgehead atoms. The number of nitrogens with one attached hydrogen (secondary N) is 1. The molecule has 1 aromatic rings. The molecule has 24 heavy (non-hydrogen) atoms. The lowest BCUT2D eigenvalue weighted by Crippen LogP contribution is -2.61. The summed E-state index contributed by atoms with van der Waals surface area (Å²) < 4.78 is 27.5. The van der Waals surface area contributed by atoms with Crippen LogP contribution in [0.25, 0.3) is 0 Å². The SMILES string of the molecule is CNCC(=O)N1C[C@@H](c2cc(F)cc(F)c2)[C@@H]2[C@H]1C1CCN2CC1. The number of piperidine rings is 3. The Kier molecular flexibility index (Phi) is 4.04. The highest BCUT2D eigenvalue weighted by Gasteiger charge is 2.54. The van der Waals surface area contributed by atoms with Crippen LogP contribution in [0.5, 0.6) is 0 Å². The smallest absolute Gasteiger partial charge is 0.236 e. The summed E-state index contributed by atoms with van der Waals surface area (Å²) in [7, 11) is 1.77. The Morgan fingerprint density at radius 1 is 1.17 bits per heavy atom. The van der Waals surface area contributed by atoms with Gasteiger partial charge in [0.1, 0.15) is 11.6 Å². The van der Waals surface area contributed by atoms with Crippen molar-refractivity contribution in [3.63, 3.8) is 0 Å². The maximum atomic E-state index is 13.7. The normalized spacial score (nSPS) is 34.5. The van der Waals surface area contributed by atoms with Gasteiger partial charge in [0.05, 0.1) is 12.6 Å². The van der Waals surface area contributed by atoms with Crippen molar-refractivity contribution >= 4 is 5.91 Å². The number of fused-ring (bicyclic) bond motifs is 2. The van der Waals surface area contributed by atoms with E-state index in [4.69, 9.17) is 0 Å². The molecule has 6 heteroatoms. The molecular formula is C18H23F2N3O. The van der Waals surface area contributed by atoms with Gasteiger partial charge in [0.2, 0.25) is 5.91 Å². The minimum Gasteiger partial charge on any atom is -0.336 e. The molecule has 1 N–H and O–H groups in total. The van der Waals surface area contributed by atoms with E-state index in [2.05, 4.69) is 10.2 Å². The Morgan fingerprint density at radius 3 is 2.46 bits per heavy atom. The Hall–Kier alpha value is -1.53. The van der Waals surface area contributed by atoms with Crippen molar-refractivity contribution in [3.05, 3.63) is 35.4 Å². The minimum absolute atomic E-state index is 0.0240. The van der Waals surface area contributed by atoms with Crippen molar-refractivity contribution in [1.29, 1.82) is 0 Å². The monoisotopic (exact) mass is 335 g/mol. The number of nitrogens with zero attached hydrogens (tertiary/aromatic N) is 2. The molecule has 4 nitrogen and oxygen atoms in total. The first kappa shape index (κ1) is 16.0. The first-order valence-corrected chi connectivity index (χ1v) is 8.72. The predicted octanol–water partition coefficient (Wildman–Crippen LogP) is 1.57. The van der Waals surface area contributed by atoms with Crippen molar-refractivity contribution in [2.45, 2.75) is 30.8 Å². The predicted molar refractivity (Wildman–Crippen MR) is 86.6 cm³/mol. The van der Waals surface area contributed by atoms with Gasteiger partial charge >= 0.3 is 0 Å². The summed E-state index contributed by atoms with van der Waals surface area (Å²) in [6, 6.07) is 4.12. The average Bonchev–Trinajstić information content (AvgIpc) is 2.98. The van der Waals surface area contributed by atoms with Gasteiger partial charge in [-0.05, 0) is 56.6 Å². The molecule has 4 heterocycles. The van der Waals surface area contributed by atoms with Gasteiger partial charge < -0.3 is 10.2 Å². The summed E-state index contributed by atoms with van der Waals surface area (Å²) in [5, 5.41) is 2.93. The number of likely N-dealkylation sites (tertiary alicyclic amines) is 1. The molecule has 4 saturated heterocycles. The fourth-order valence-corrected chi connectivity index (χ4v) is 5.04. The topological polar surface area (TPSA) is 35.6 Å². The van der Waals surface area contributed by atoms with Crippen LogP contribution < -0.4 is 5.32 Å². The Morgan fingerprint density at radius 2 is 1.83 bits per heavy atom. The summed E-state index contributed by atoms with van der Waals surface area (Å²) in [6.07, 6.45) is 2.21. The molecule has 0 unspecified atom stereocenters. The van der Waals surface area contributed by atoms with Crippen LogP contribution in [-0.2, 0) is 4.79 Å². The molecular weight excluding hydrogens is 312 g/mol. The zero-order valence-corrected chi connectivity index (χ0v) is 13.8. The molecule has 0 aromatic heterocycles. The maximum Gasteiger partial charge on any atom is 0.236 e. The van der Waals surface area contributed by atoms with Crippen LogP contribution in [0.4, 0.5) is 8.78 Å². The summed E-state index contributed by atoms with van der Waals surface area (Å²) >= 11 is 0. The number of likely N-dealkylation sites (N-methyl/N-ethyl adjacent to an activating group) is 1. The summed E-state index contributed by atoms with van der Waals surface area (Å²) in [5.41, 5.74) is 0.676. The summed E-state index contributed by atoms with van der Waals surface area (Å²) in [4.78, 5) is 17.0. The second-order valence-electron chi connectivity index (χ2n) is 7.24. The van der Waals surface area contributed by atoms with E-state index >= 15 is 0 Å². The number of benzene rings is 1. The van der Waals surface area contributed by atoms with E-state index in [1.165, 1.54) is 12.1 Å². The molecule has 0 spiro atoms. The van der Waals surface area contributed by atoms with E-state index in [1.807, 2.05) is 4.90 Å². The zero-order chi connectivity index (χ0) is 16.8. The second-order valence-corrected chi connectivity index (χ2v) is 7.24. The first-order valence-electron chi connectivity index (χ1n) is 8.72. The van der Waals surface area contributed by atoms with Gasteiger partial charge in [-0.2, -0.15) is 0 Å². The fourth-order valence-electron chi connectivity index (χ4n) is 5.04. The van der Waals surface area contributed by atoms with Crippen LogP contribution in [0.2, 0.25) is 0 Å². The minimum atomic E-state index is -0.544. The van der Waals surface area contributed by atoms with Gasteiger partial charge in [-0.25, -0.2) is 8.78 Å². The van der Waals surface area contributed by atoms with Gasteiger partial charge in [0.25, 0.3) is 0 Å². The van der Waals surface area contributed by atoms with Crippen LogP contribution in [-0.4, -0.2) is 61.0 Å². The van der Waals surface area contributed by atoms with Crippen LogP contribution in [0.15, 0.2) is 18.2 Å². The largest absolute Gasteiger partial charge is 0.336 e. The van der Waals surface area contributed by atoms with Crippen molar-refractivity contribution in [1.82, 2.24) is 15.1 Å². The third-order valence-electron chi connectivity index (χ3n) is 5.96. The molecule has 0 saturated carbocycles. The second kappa shape index (κ2) is 6.08. The standard InChI is InChI=1S/C18H23F2N3O/c1-21-9-16(24)23-10-15(12-6-13(19)8-14(20)7-12)18-17(23)11-2-4-22(18)5-3-11/h6-8,11,15,17-18,21H,2-5,9-10H2,1H3/t15-,17+,18+/m0/s1. The number of carbonyl (C=O) groups is 1. The lowest BCUT2D eigenvalue weighted by molar-refractivity contribution is -0.134. The lowest BCUT2D eigenvalue weighted by atomic mass is 9.75. The van der Waals surface area contributed by atoms with Gasteiger partial charge in [-0.1, -0.05) is 0 Å². The number of hydrogen-bond donors (Lipinski definition) is 1. The molecule has 4 aliphatic heterocycles. The first-order chi connectivity index (χ1) is 11.6. The quantitative estimate of drug-likeness (QED) is 0.911. The maximum absolute atomic E-state index is 13.7. The van der Waals surface area contributed by atoms with E-state index in [0.29, 0.717) is 24.6 Å². The third kappa shape index (κ3) is 2.52. The van der Waals surface area contributed by atoms with Gasteiger partial charge in [0, 0.05) is 24.6 Å². The average molecular weight is 335 g/mol. The van der Waals surface area contributed by atoms with Gasteiger partial charge in [0.15, 0.2) is 0 Å². The highest BCUT2D eigenvalue weighted by molar-refractivity contribution is 5.79. The highest BCUT2D eigenvalue weighted by atomic mass is 19.1. The third-order valence-corrected chi connectivity index (χ3v) is 5.96. The zero-order valence-electron chi connectivity index (χ0n) is 13.8. The number of amides is 1. The van der Waals surface area contributed by atoms with Crippen LogP contribution in [0, 0.1) is 17.6 Å². The summed E-state index contributed by atoms with van der Waals surface area (Å²) in [5.74, 6) is -0.524. The molecule has 1 amide bonds. The van der Waals surface area contributed by atoms with Gasteiger partial charge in [-0.15, -0.1) is 0 Å². The van der Waals surface area contributed by atoms with Crippen molar-refractivity contribution in [3.8, 4) is 0 Å². The molecule has 0 aliphatic carbocycles. The molecule has 4 aliphatic rings. The number of halogens is 2. The van der Waals surface area contributed by atoms with E-state index in [9.17, 15) is 13.6 Å². The van der Waals surface area contributed by atoms with E-state index in [1.54, 1.807) is 7.05 Å². The Balaban J connectivity index is 1.71. The molecule has 1 aromatic carbocycles. The molecule has 5 rings (SSSR count). The van der Waals surface area contributed by atoms with Crippen LogP contribution >= 0.6 is 0 Å². The molecule has 4 fully saturated rings. The van der Waals surface area contributed by atoms with Crippen molar-refractivity contribution in [2.75, 3.05) is 33.2 Å². The molecule has 3 atom stereocenters. The molecule has 130 valence electrons. The number of hydrogen-bond acceptors (Lipinski definition) is 3. The van der Waals surface area contributed by atoms with Crippen LogP contribution in [0.3, 0.4) is 0 Å². The molecule has 0 radical (unpaired) electrons. The lowest BCUT2D eigenvalue weighted by Gasteiger charge is -2.51.